The van der Waals surface area contributed by atoms with Crippen LogP contribution < -0.4 is 5.32 Å². The van der Waals surface area contributed by atoms with Crippen LogP contribution in [0.3, 0.4) is 0 Å². The highest BCUT2D eigenvalue weighted by Crippen LogP contribution is 2.20. The van der Waals surface area contributed by atoms with Crippen molar-refractivity contribution in [3.05, 3.63) is 59.5 Å². The van der Waals surface area contributed by atoms with Crippen LogP contribution in [0.4, 0.5) is 5.69 Å². The van der Waals surface area contributed by atoms with Gasteiger partial charge in [0.2, 0.25) is 5.91 Å². The third kappa shape index (κ3) is 2.79. The van der Waals surface area contributed by atoms with Crippen molar-refractivity contribution in [3.63, 3.8) is 0 Å². The maximum absolute atomic E-state index is 12.2. The van der Waals surface area contributed by atoms with Crippen LogP contribution in [-0.2, 0) is 11.2 Å². The van der Waals surface area contributed by atoms with Gasteiger partial charge in [0.1, 0.15) is 11.4 Å². The van der Waals surface area contributed by atoms with E-state index in [1.807, 2.05) is 42.8 Å². The molecule has 0 spiro atoms. The van der Waals surface area contributed by atoms with Gasteiger partial charge in [-0.1, -0.05) is 6.07 Å². The second kappa shape index (κ2) is 5.52. The van der Waals surface area contributed by atoms with Gasteiger partial charge in [-0.2, -0.15) is 0 Å². The maximum atomic E-state index is 12.2. The number of carbonyl (C=O) groups excluding carboxylic acids is 1. The lowest BCUT2D eigenvalue weighted by Crippen LogP contribution is -2.15. The van der Waals surface area contributed by atoms with Crippen molar-refractivity contribution in [2.24, 2.45) is 0 Å². The van der Waals surface area contributed by atoms with E-state index < -0.39 is 0 Å². The van der Waals surface area contributed by atoms with Crippen LogP contribution in [0.5, 0.6) is 5.75 Å². The van der Waals surface area contributed by atoms with Gasteiger partial charge in [0.25, 0.3) is 0 Å². The Labute approximate surface area is 128 Å². The highest BCUT2D eigenvalue weighted by Gasteiger charge is 2.10. The highest BCUT2D eigenvalue weighted by molar-refractivity contribution is 5.92. The summed E-state index contributed by atoms with van der Waals surface area (Å²) >= 11 is 0. The van der Waals surface area contributed by atoms with E-state index in [1.54, 1.807) is 18.2 Å². The summed E-state index contributed by atoms with van der Waals surface area (Å²) in [6, 6.07) is 8.80. The summed E-state index contributed by atoms with van der Waals surface area (Å²) in [5, 5.41) is 12.2. The fourth-order valence-electron chi connectivity index (χ4n) is 2.44. The monoisotopic (exact) mass is 295 g/mol. The molecule has 0 saturated heterocycles. The van der Waals surface area contributed by atoms with E-state index >= 15 is 0 Å². The molecule has 0 unspecified atom stereocenters. The van der Waals surface area contributed by atoms with E-state index in [0.29, 0.717) is 5.69 Å². The minimum atomic E-state index is -0.130. The largest absolute Gasteiger partial charge is 0.508 e. The van der Waals surface area contributed by atoms with Gasteiger partial charge in [-0.25, -0.2) is 4.98 Å². The molecule has 0 aliphatic heterocycles. The van der Waals surface area contributed by atoms with Crippen LogP contribution in [0.2, 0.25) is 0 Å². The first-order chi connectivity index (χ1) is 10.5. The maximum Gasteiger partial charge on any atom is 0.230 e. The molecule has 0 aliphatic carbocycles. The number of imidazole rings is 1. The molecule has 0 aliphatic rings. The van der Waals surface area contributed by atoms with Crippen molar-refractivity contribution in [1.29, 1.82) is 0 Å². The number of amides is 1. The van der Waals surface area contributed by atoms with Crippen molar-refractivity contribution in [3.8, 4) is 5.75 Å². The van der Waals surface area contributed by atoms with Gasteiger partial charge >= 0.3 is 0 Å². The molecule has 5 nitrogen and oxygen atoms in total. The molecular formula is C17H17N3O2. The quantitative estimate of drug-likeness (QED) is 0.730. The van der Waals surface area contributed by atoms with Gasteiger partial charge < -0.3 is 14.8 Å². The van der Waals surface area contributed by atoms with Gasteiger partial charge in [-0.05, 0) is 49.2 Å². The Morgan fingerprint density at radius 2 is 2.09 bits per heavy atom. The van der Waals surface area contributed by atoms with Crippen LogP contribution in [0.25, 0.3) is 5.65 Å². The number of nitrogens with one attached hydrogen (secondary N) is 1. The SMILES string of the molecule is Cc1cc(O)ccc1NC(=O)Cc1cn2cccc(C)c2n1. The lowest BCUT2D eigenvalue weighted by molar-refractivity contribution is -0.115. The minimum absolute atomic E-state index is 0.130. The third-order valence-electron chi connectivity index (χ3n) is 3.55. The molecular weight excluding hydrogens is 278 g/mol. The number of rotatable bonds is 3. The van der Waals surface area contributed by atoms with Crippen LogP contribution >= 0.6 is 0 Å². The van der Waals surface area contributed by atoms with E-state index in [1.165, 1.54) is 0 Å². The summed E-state index contributed by atoms with van der Waals surface area (Å²) in [6.07, 6.45) is 3.99. The number of pyridine rings is 1. The number of phenolic OH excluding ortho intramolecular Hbond substituents is 1. The van der Waals surface area contributed by atoms with Crippen molar-refractivity contribution in [1.82, 2.24) is 9.38 Å². The Hall–Kier alpha value is -2.82. The number of aromatic hydroxyl groups is 1. The van der Waals surface area contributed by atoms with Crippen molar-refractivity contribution >= 4 is 17.2 Å². The van der Waals surface area contributed by atoms with Crippen molar-refractivity contribution < 1.29 is 9.90 Å². The Bertz CT molecular complexity index is 852. The summed E-state index contributed by atoms with van der Waals surface area (Å²) < 4.78 is 1.92. The Morgan fingerprint density at radius 3 is 2.82 bits per heavy atom. The van der Waals surface area contributed by atoms with Gasteiger partial charge in [-0.3, -0.25) is 4.79 Å². The molecule has 1 aromatic carbocycles. The Kier molecular flexibility index (Phi) is 3.55. The number of benzene rings is 1. The molecule has 0 fully saturated rings. The fraction of sp³-hybridized carbons (Fsp3) is 0.176. The number of hydrogen-bond acceptors (Lipinski definition) is 3. The second-order valence-electron chi connectivity index (χ2n) is 5.38. The van der Waals surface area contributed by atoms with Crippen LogP contribution in [0.15, 0.2) is 42.7 Å². The van der Waals surface area contributed by atoms with E-state index in [0.717, 1.165) is 22.5 Å². The molecule has 3 aromatic rings. The van der Waals surface area contributed by atoms with Gasteiger partial charge in [0.15, 0.2) is 0 Å². The molecule has 0 bridgehead atoms. The summed E-state index contributed by atoms with van der Waals surface area (Å²) in [5.41, 5.74) is 4.18. The standard InChI is InChI=1S/C17H17N3O2/c1-11-4-3-7-20-10-13(18-17(11)20)9-16(22)19-15-6-5-14(21)8-12(15)2/h3-8,10,21H,9H2,1-2H3,(H,19,22). The normalized spacial score (nSPS) is 10.8. The minimum Gasteiger partial charge on any atom is -0.508 e. The fourth-order valence-corrected chi connectivity index (χ4v) is 2.44. The molecule has 1 amide bonds. The Morgan fingerprint density at radius 1 is 1.27 bits per heavy atom. The number of phenols is 1. The molecule has 3 rings (SSSR count). The molecule has 0 atom stereocenters. The lowest BCUT2D eigenvalue weighted by atomic mass is 10.2. The molecule has 2 heterocycles. The number of hydrogen-bond donors (Lipinski definition) is 2. The van der Waals surface area contributed by atoms with Crippen LogP contribution in [0, 0.1) is 13.8 Å². The predicted molar refractivity (Wildman–Crippen MR) is 85.1 cm³/mol. The lowest BCUT2D eigenvalue weighted by Gasteiger charge is -2.07. The zero-order valence-corrected chi connectivity index (χ0v) is 12.5. The summed E-state index contributed by atoms with van der Waals surface area (Å²) in [7, 11) is 0. The molecule has 112 valence electrons. The first-order valence-electron chi connectivity index (χ1n) is 7.05. The van der Waals surface area contributed by atoms with Gasteiger partial charge in [-0.15, -0.1) is 0 Å². The summed E-state index contributed by atoms with van der Waals surface area (Å²) in [6.45, 7) is 3.83. The van der Waals surface area contributed by atoms with E-state index in [9.17, 15) is 9.90 Å². The number of aromatic nitrogens is 2. The summed E-state index contributed by atoms with van der Waals surface area (Å²) in [4.78, 5) is 16.7. The van der Waals surface area contributed by atoms with E-state index in [-0.39, 0.29) is 18.1 Å². The number of aryl methyl sites for hydroxylation is 2. The number of fused-ring (bicyclic) bond motifs is 1. The topological polar surface area (TPSA) is 66.6 Å². The molecule has 22 heavy (non-hydrogen) atoms. The van der Waals surface area contributed by atoms with Crippen LogP contribution in [-0.4, -0.2) is 20.4 Å². The average molecular weight is 295 g/mol. The molecule has 0 radical (unpaired) electrons. The number of nitrogens with zero attached hydrogens (tertiary/aromatic N) is 2. The zero-order valence-electron chi connectivity index (χ0n) is 12.5. The average Bonchev–Trinajstić information content (AvgIpc) is 2.86. The molecule has 0 saturated carbocycles. The molecule has 5 heteroatoms. The van der Waals surface area contributed by atoms with E-state index in [2.05, 4.69) is 10.3 Å². The highest BCUT2D eigenvalue weighted by atomic mass is 16.3. The zero-order chi connectivity index (χ0) is 15.7. The molecule has 2 aromatic heterocycles. The predicted octanol–water partition coefficient (Wildman–Crippen LogP) is 2.84. The smallest absolute Gasteiger partial charge is 0.230 e. The van der Waals surface area contributed by atoms with Crippen molar-refractivity contribution in [2.75, 3.05) is 5.32 Å². The van der Waals surface area contributed by atoms with Crippen LogP contribution in [0.1, 0.15) is 16.8 Å². The first kappa shape index (κ1) is 14.1. The third-order valence-corrected chi connectivity index (χ3v) is 3.55. The second-order valence-corrected chi connectivity index (χ2v) is 5.38. The number of anilines is 1. The molecule has 2 N–H and O–H groups in total. The number of carbonyl (C=O) groups is 1. The first-order valence-corrected chi connectivity index (χ1v) is 7.05. The van der Waals surface area contributed by atoms with Gasteiger partial charge in [0, 0.05) is 18.1 Å². The Balaban J connectivity index is 1.77. The van der Waals surface area contributed by atoms with Gasteiger partial charge in [0.05, 0.1) is 12.1 Å². The summed E-state index contributed by atoms with van der Waals surface area (Å²) in [5.74, 6) is 0.0566. The van der Waals surface area contributed by atoms with E-state index in [4.69, 9.17) is 0 Å². The van der Waals surface area contributed by atoms with Crippen molar-refractivity contribution in [2.45, 2.75) is 20.3 Å².